The third-order valence-electron chi connectivity index (χ3n) is 5.24. The number of rotatable bonds is 4. The number of nitrogens with one attached hydrogen (secondary N) is 1. The number of hydrogen-bond donors (Lipinski definition) is 1. The van der Waals surface area contributed by atoms with Crippen molar-refractivity contribution in [2.75, 3.05) is 6.54 Å². The van der Waals surface area contributed by atoms with Crippen LogP contribution < -0.4 is 0 Å². The van der Waals surface area contributed by atoms with Crippen LogP contribution in [0.15, 0.2) is 40.9 Å². The first kappa shape index (κ1) is 19.7. The molecule has 29 heavy (non-hydrogen) atoms. The Morgan fingerprint density at radius 3 is 2.90 bits per heavy atom. The first-order chi connectivity index (χ1) is 13.8. The third kappa shape index (κ3) is 4.22. The van der Waals surface area contributed by atoms with Crippen molar-refractivity contribution in [2.45, 2.75) is 51.5 Å². The van der Waals surface area contributed by atoms with E-state index in [0.717, 1.165) is 29.9 Å². The van der Waals surface area contributed by atoms with Gasteiger partial charge in [0.2, 0.25) is 5.89 Å². The number of aromatic amines is 1. The largest absolute Gasteiger partial charge is 0.443 e. The summed E-state index contributed by atoms with van der Waals surface area (Å²) in [6, 6.07) is 9.37. The Balaban J connectivity index is 1.50. The first-order valence-corrected chi connectivity index (χ1v) is 10.2. The van der Waals surface area contributed by atoms with E-state index in [-0.39, 0.29) is 17.4 Å². The molecule has 1 atom stereocenters. The van der Waals surface area contributed by atoms with Gasteiger partial charge in [-0.1, -0.05) is 44.5 Å². The van der Waals surface area contributed by atoms with Crippen LogP contribution in [0.4, 0.5) is 0 Å². The molecule has 6 nitrogen and oxygen atoms in total. The van der Waals surface area contributed by atoms with Crippen LogP contribution in [0, 0.1) is 0 Å². The van der Waals surface area contributed by atoms with E-state index in [9.17, 15) is 4.79 Å². The smallest absolute Gasteiger partial charge is 0.275 e. The second kappa shape index (κ2) is 7.67. The quantitative estimate of drug-likeness (QED) is 0.660. The number of carbonyl (C=O) groups excluding carboxylic acids is 1. The number of aromatic nitrogens is 3. The number of nitrogens with zero attached hydrogens (tertiary/aromatic N) is 3. The molecule has 7 heteroatoms. The summed E-state index contributed by atoms with van der Waals surface area (Å²) in [7, 11) is 0. The summed E-state index contributed by atoms with van der Waals surface area (Å²) in [4.78, 5) is 19.3. The number of H-pyrrole nitrogens is 1. The standard InChI is InChI=1S/C22H25ClN4O2/c1-22(2,3)19-12-17(25-26-19)21(28)27-9-5-8-18(27)20-24-13-16(29-20)11-14-6-4-7-15(23)10-14/h4,6-7,10,12-13,18H,5,8-9,11H2,1-3H3,(H,25,26)/t18-/m0/s1. The van der Waals surface area contributed by atoms with Gasteiger partial charge in [-0.2, -0.15) is 5.10 Å². The van der Waals surface area contributed by atoms with Crippen LogP contribution in [0.5, 0.6) is 0 Å². The number of hydrogen-bond acceptors (Lipinski definition) is 4. The molecule has 1 fully saturated rings. The molecule has 1 aliphatic heterocycles. The van der Waals surface area contributed by atoms with Gasteiger partial charge in [-0.3, -0.25) is 9.89 Å². The van der Waals surface area contributed by atoms with Crippen molar-refractivity contribution in [3.63, 3.8) is 0 Å². The molecule has 1 aliphatic rings. The number of amides is 1. The Bertz CT molecular complexity index is 1020. The SMILES string of the molecule is CC(C)(C)c1cc(C(=O)N2CCC[C@H]2c2ncc(Cc3cccc(Cl)c3)o2)n[nH]1. The minimum atomic E-state index is -0.162. The molecule has 1 aromatic carbocycles. The van der Waals surface area contributed by atoms with Gasteiger partial charge >= 0.3 is 0 Å². The van der Waals surface area contributed by atoms with E-state index in [0.29, 0.717) is 29.6 Å². The zero-order chi connectivity index (χ0) is 20.6. The molecular formula is C22H25ClN4O2. The second-order valence-electron chi connectivity index (χ2n) is 8.54. The molecule has 1 saturated heterocycles. The lowest BCUT2D eigenvalue weighted by Crippen LogP contribution is -2.31. The zero-order valence-electron chi connectivity index (χ0n) is 16.9. The van der Waals surface area contributed by atoms with Crippen LogP contribution in [0.25, 0.3) is 0 Å². The molecule has 2 aromatic heterocycles. The highest BCUT2D eigenvalue weighted by atomic mass is 35.5. The maximum atomic E-state index is 13.1. The van der Waals surface area contributed by atoms with Crippen molar-refractivity contribution in [3.05, 3.63) is 70.2 Å². The monoisotopic (exact) mass is 412 g/mol. The Labute approximate surface area is 175 Å². The van der Waals surface area contributed by atoms with E-state index < -0.39 is 0 Å². The van der Waals surface area contributed by atoms with E-state index in [2.05, 4.69) is 36.0 Å². The minimum Gasteiger partial charge on any atom is -0.443 e. The van der Waals surface area contributed by atoms with Gasteiger partial charge in [0.15, 0.2) is 0 Å². The Kier molecular flexibility index (Phi) is 5.21. The summed E-state index contributed by atoms with van der Waals surface area (Å²) in [5.41, 5.74) is 2.35. The van der Waals surface area contributed by atoms with Crippen molar-refractivity contribution in [3.8, 4) is 0 Å². The first-order valence-electron chi connectivity index (χ1n) is 9.87. The molecule has 0 bridgehead atoms. The summed E-state index contributed by atoms with van der Waals surface area (Å²) in [6.45, 7) is 6.93. The van der Waals surface area contributed by atoms with Gasteiger partial charge in [0.25, 0.3) is 5.91 Å². The van der Waals surface area contributed by atoms with Crippen LogP contribution in [0.2, 0.25) is 5.02 Å². The number of carbonyl (C=O) groups is 1. The average Bonchev–Trinajstić information content (AvgIpc) is 3.40. The van der Waals surface area contributed by atoms with Crippen LogP contribution in [-0.4, -0.2) is 32.5 Å². The highest BCUT2D eigenvalue weighted by molar-refractivity contribution is 6.30. The van der Waals surface area contributed by atoms with E-state index >= 15 is 0 Å². The van der Waals surface area contributed by atoms with E-state index in [1.54, 1.807) is 6.20 Å². The molecule has 4 rings (SSSR count). The zero-order valence-corrected chi connectivity index (χ0v) is 17.7. The highest BCUT2D eigenvalue weighted by Gasteiger charge is 2.35. The van der Waals surface area contributed by atoms with Crippen LogP contribution in [0.3, 0.4) is 0 Å². The fourth-order valence-corrected chi connectivity index (χ4v) is 3.85. The lowest BCUT2D eigenvalue weighted by molar-refractivity contribution is 0.0708. The average molecular weight is 413 g/mol. The molecular weight excluding hydrogens is 388 g/mol. The van der Waals surface area contributed by atoms with Crippen molar-refractivity contribution in [2.24, 2.45) is 0 Å². The van der Waals surface area contributed by atoms with Gasteiger partial charge in [-0.15, -0.1) is 0 Å². The van der Waals surface area contributed by atoms with E-state index in [4.69, 9.17) is 16.0 Å². The summed E-state index contributed by atoms with van der Waals surface area (Å²) >= 11 is 6.06. The summed E-state index contributed by atoms with van der Waals surface area (Å²) in [5.74, 6) is 1.25. The van der Waals surface area contributed by atoms with Crippen LogP contribution in [0.1, 0.15) is 73.1 Å². The number of halogens is 1. The molecule has 0 spiro atoms. The fraction of sp³-hybridized carbons (Fsp3) is 0.409. The Hall–Kier alpha value is -2.60. The predicted octanol–water partition coefficient (Wildman–Crippen LogP) is 4.92. The molecule has 0 aliphatic carbocycles. The molecule has 3 aromatic rings. The highest BCUT2D eigenvalue weighted by Crippen LogP contribution is 2.33. The van der Waals surface area contributed by atoms with Gasteiger partial charge in [0, 0.05) is 29.1 Å². The fourth-order valence-electron chi connectivity index (χ4n) is 3.64. The maximum absolute atomic E-state index is 13.1. The van der Waals surface area contributed by atoms with Crippen molar-refractivity contribution >= 4 is 17.5 Å². The normalized spacial score (nSPS) is 17.1. The van der Waals surface area contributed by atoms with E-state index in [1.807, 2.05) is 35.2 Å². The van der Waals surface area contributed by atoms with Crippen molar-refractivity contribution in [1.82, 2.24) is 20.1 Å². The van der Waals surface area contributed by atoms with Gasteiger partial charge in [0.05, 0.1) is 6.20 Å². The second-order valence-corrected chi connectivity index (χ2v) is 8.98. The van der Waals surface area contributed by atoms with Gasteiger partial charge in [-0.05, 0) is 36.6 Å². The summed E-state index contributed by atoms with van der Waals surface area (Å²) < 4.78 is 6.01. The minimum absolute atomic E-state index is 0.0890. The van der Waals surface area contributed by atoms with Crippen molar-refractivity contribution in [1.29, 1.82) is 0 Å². The molecule has 3 heterocycles. The van der Waals surface area contributed by atoms with Gasteiger partial charge in [0.1, 0.15) is 17.5 Å². The van der Waals surface area contributed by atoms with Crippen molar-refractivity contribution < 1.29 is 9.21 Å². The molecule has 0 saturated carbocycles. The van der Waals surface area contributed by atoms with Crippen LogP contribution in [-0.2, 0) is 11.8 Å². The van der Waals surface area contributed by atoms with Crippen LogP contribution >= 0.6 is 11.6 Å². The molecule has 1 N–H and O–H groups in total. The molecule has 0 unspecified atom stereocenters. The Morgan fingerprint density at radius 2 is 2.17 bits per heavy atom. The molecule has 152 valence electrons. The summed E-state index contributed by atoms with van der Waals surface area (Å²) in [5, 5.41) is 7.94. The number of benzene rings is 1. The summed E-state index contributed by atoms with van der Waals surface area (Å²) in [6.07, 6.45) is 4.10. The maximum Gasteiger partial charge on any atom is 0.275 e. The molecule has 0 radical (unpaired) electrons. The lowest BCUT2D eigenvalue weighted by atomic mass is 9.92. The van der Waals surface area contributed by atoms with E-state index in [1.165, 1.54) is 0 Å². The Morgan fingerprint density at radius 1 is 1.34 bits per heavy atom. The molecule has 1 amide bonds. The topological polar surface area (TPSA) is 75.0 Å². The third-order valence-corrected chi connectivity index (χ3v) is 5.48. The number of oxazole rings is 1. The predicted molar refractivity (Wildman–Crippen MR) is 111 cm³/mol. The van der Waals surface area contributed by atoms with Gasteiger partial charge < -0.3 is 9.32 Å². The van der Waals surface area contributed by atoms with Gasteiger partial charge in [-0.25, -0.2) is 4.98 Å². The lowest BCUT2D eigenvalue weighted by Gasteiger charge is -2.21. The number of likely N-dealkylation sites (tertiary alicyclic amines) is 1.